The third-order valence-electron chi connectivity index (χ3n) is 6.34. The van der Waals surface area contributed by atoms with Crippen molar-refractivity contribution in [1.29, 1.82) is 0 Å². The molecular formula is C25H24ClF2N5O. The van der Waals surface area contributed by atoms with E-state index in [4.69, 9.17) is 21.3 Å². The molecule has 34 heavy (non-hydrogen) atoms. The lowest BCUT2D eigenvalue weighted by atomic mass is 9.93. The maximum atomic E-state index is 14.6. The normalized spacial score (nSPS) is 15.2. The maximum absolute atomic E-state index is 14.6. The van der Waals surface area contributed by atoms with Crippen LogP contribution in [0.5, 0.6) is 6.01 Å². The summed E-state index contributed by atoms with van der Waals surface area (Å²) in [5.41, 5.74) is 2.78. The van der Waals surface area contributed by atoms with Gasteiger partial charge in [-0.25, -0.2) is 18.7 Å². The van der Waals surface area contributed by atoms with Gasteiger partial charge in [0.2, 0.25) is 0 Å². The van der Waals surface area contributed by atoms with E-state index in [1.54, 1.807) is 12.1 Å². The predicted molar refractivity (Wildman–Crippen MR) is 126 cm³/mol. The Morgan fingerprint density at radius 3 is 2.62 bits per heavy atom. The van der Waals surface area contributed by atoms with E-state index in [0.717, 1.165) is 55.5 Å². The fraction of sp³-hybridized carbons (Fsp3) is 0.320. The zero-order valence-electron chi connectivity index (χ0n) is 18.7. The van der Waals surface area contributed by atoms with Crippen LogP contribution >= 0.6 is 11.6 Å². The Kier molecular flexibility index (Phi) is 6.43. The van der Waals surface area contributed by atoms with Gasteiger partial charge < -0.3 is 9.30 Å². The second-order valence-electron chi connectivity index (χ2n) is 8.54. The second kappa shape index (κ2) is 9.64. The fourth-order valence-electron chi connectivity index (χ4n) is 4.40. The molecule has 0 aliphatic carbocycles. The largest absolute Gasteiger partial charge is 0.458 e. The molecule has 1 aliphatic heterocycles. The summed E-state index contributed by atoms with van der Waals surface area (Å²) in [6.07, 6.45) is 2.66. The van der Waals surface area contributed by atoms with E-state index in [1.807, 2.05) is 25.2 Å². The molecule has 0 bridgehead atoms. The van der Waals surface area contributed by atoms with E-state index in [2.05, 4.69) is 25.5 Å². The first-order valence-electron chi connectivity index (χ1n) is 11.2. The van der Waals surface area contributed by atoms with Crippen molar-refractivity contribution in [3.05, 3.63) is 82.4 Å². The number of hydrogen-bond donors (Lipinski definition) is 0. The van der Waals surface area contributed by atoms with Crippen molar-refractivity contribution < 1.29 is 13.5 Å². The standard InChI is InChI=1S/C25H24ClF2N5O/c1-32-22-5-3-2-4-21(22)30-23(32)14-33-10-8-16(9-11-33)24-20(28)13-29-25(31-24)34-15-17-6-7-18(26)12-19(17)27/h2-7,12-13,16H,8-11,14-15H2,1H3. The molecule has 0 atom stereocenters. The van der Waals surface area contributed by atoms with Gasteiger partial charge in [-0.05, 0) is 50.2 Å². The Labute approximate surface area is 201 Å². The highest BCUT2D eigenvalue weighted by Gasteiger charge is 2.26. The van der Waals surface area contributed by atoms with Crippen LogP contribution in [-0.4, -0.2) is 37.5 Å². The van der Waals surface area contributed by atoms with Crippen molar-refractivity contribution in [2.24, 2.45) is 7.05 Å². The number of aromatic nitrogens is 4. The molecular weight excluding hydrogens is 460 g/mol. The van der Waals surface area contributed by atoms with Crippen molar-refractivity contribution in [3.8, 4) is 6.01 Å². The summed E-state index contributed by atoms with van der Waals surface area (Å²) in [6.45, 7) is 2.29. The number of rotatable bonds is 6. The van der Waals surface area contributed by atoms with Crippen LogP contribution in [0.15, 0.2) is 48.7 Å². The lowest BCUT2D eigenvalue weighted by Gasteiger charge is -2.31. The predicted octanol–water partition coefficient (Wildman–Crippen LogP) is 5.25. The summed E-state index contributed by atoms with van der Waals surface area (Å²) < 4.78 is 36.2. The third kappa shape index (κ3) is 4.74. The third-order valence-corrected chi connectivity index (χ3v) is 6.58. The average Bonchev–Trinajstić information content (AvgIpc) is 3.15. The minimum atomic E-state index is -0.470. The van der Waals surface area contributed by atoms with Gasteiger partial charge in [-0.3, -0.25) is 4.90 Å². The topological polar surface area (TPSA) is 56.1 Å². The van der Waals surface area contributed by atoms with Crippen LogP contribution in [0.4, 0.5) is 8.78 Å². The van der Waals surface area contributed by atoms with Crippen molar-refractivity contribution >= 4 is 22.6 Å². The van der Waals surface area contributed by atoms with E-state index >= 15 is 0 Å². The van der Waals surface area contributed by atoms with E-state index < -0.39 is 11.6 Å². The zero-order valence-corrected chi connectivity index (χ0v) is 19.5. The Hall–Kier alpha value is -3.10. The summed E-state index contributed by atoms with van der Waals surface area (Å²) in [5.74, 6) is 0.0638. The van der Waals surface area contributed by atoms with Gasteiger partial charge >= 0.3 is 6.01 Å². The molecule has 176 valence electrons. The van der Waals surface area contributed by atoms with Crippen molar-refractivity contribution in [1.82, 2.24) is 24.4 Å². The summed E-state index contributed by atoms with van der Waals surface area (Å²) in [6, 6.07) is 12.5. The molecule has 0 radical (unpaired) electrons. The van der Waals surface area contributed by atoms with Crippen LogP contribution in [0, 0.1) is 11.6 Å². The zero-order chi connectivity index (χ0) is 23.7. The number of benzene rings is 2. The molecule has 0 N–H and O–H groups in total. The first kappa shape index (κ1) is 22.7. The van der Waals surface area contributed by atoms with E-state index in [-0.39, 0.29) is 18.5 Å². The number of nitrogens with zero attached hydrogens (tertiary/aromatic N) is 5. The molecule has 3 heterocycles. The Morgan fingerprint density at radius 1 is 1.06 bits per heavy atom. The second-order valence-corrected chi connectivity index (χ2v) is 8.97. The smallest absolute Gasteiger partial charge is 0.317 e. The van der Waals surface area contributed by atoms with Gasteiger partial charge in [0.1, 0.15) is 18.2 Å². The van der Waals surface area contributed by atoms with Gasteiger partial charge in [-0.1, -0.05) is 29.8 Å². The van der Waals surface area contributed by atoms with Crippen LogP contribution in [0.2, 0.25) is 5.02 Å². The van der Waals surface area contributed by atoms with Crippen molar-refractivity contribution in [2.75, 3.05) is 13.1 Å². The molecule has 2 aromatic heterocycles. The molecule has 0 spiro atoms. The Balaban J connectivity index is 1.22. The number of fused-ring (bicyclic) bond motifs is 1. The molecule has 1 saturated heterocycles. The maximum Gasteiger partial charge on any atom is 0.317 e. The Bertz CT molecular complexity index is 1320. The molecule has 0 unspecified atom stereocenters. The summed E-state index contributed by atoms with van der Waals surface area (Å²) >= 11 is 5.78. The number of imidazole rings is 1. The van der Waals surface area contributed by atoms with Crippen LogP contribution in [0.3, 0.4) is 0 Å². The molecule has 0 amide bonds. The quantitative estimate of drug-likeness (QED) is 0.375. The van der Waals surface area contributed by atoms with Gasteiger partial charge in [0.05, 0.1) is 29.5 Å². The number of piperidine rings is 1. The molecule has 5 rings (SSSR count). The number of hydrogen-bond acceptors (Lipinski definition) is 5. The lowest BCUT2D eigenvalue weighted by Crippen LogP contribution is -2.33. The first-order chi connectivity index (χ1) is 16.5. The van der Waals surface area contributed by atoms with Crippen LogP contribution < -0.4 is 4.74 Å². The first-order valence-corrected chi connectivity index (χ1v) is 11.6. The van der Waals surface area contributed by atoms with Gasteiger partial charge in [0, 0.05) is 23.6 Å². The molecule has 2 aromatic carbocycles. The summed E-state index contributed by atoms with van der Waals surface area (Å²) in [5, 5.41) is 0.309. The molecule has 4 aromatic rings. The van der Waals surface area contributed by atoms with E-state index in [9.17, 15) is 8.78 Å². The number of ether oxygens (including phenoxy) is 1. The molecule has 1 aliphatic rings. The van der Waals surface area contributed by atoms with Crippen molar-refractivity contribution in [3.63, 3.8) is 0 Å². The highest BCUT2D eigenvalue weighted by Crippen LogP contribution is 2.30. The molecule has 1 fully saturated rings. The minimum Gasteiger partial charge on any atom is -0.458 e. The molecule has 6 nitrogen and oxygen atoms in total. The van der Waals surface area contributed by atoms with Crippen molar-refractivity contribution in [2.45, 2.75) is 31.9 Å². The summed E-state index contributed by atoms with van der Waals surface area (Å²) in [7, 11) is 2.03. The molecule has 9 heteroatoms. The molecule has 0 saturated carbocycles. The number of para-hydroxylation sites is 2. The van der Waals surface area contributed by atoms with Gasteiger partial charge in [-0.15, -0.1) is 0 Å². The minimum absolute atomic E-state index is 0.0330. The summed E-state index contributed by atoms with van der Waals surface area (Å²) in [4.78, 5) is 15.3. The lowest BCUT2D eigenvalue weighted by molar-refractivity contribution is 0.194. The Morgan fingerprint density at radius 2 is 1.85 bits per heavy atom. The van der Waals surface area contributed by atoms with Gasteiger partial charge in [-0.2, -0.15) is 4.98 Å². The van der Waals surface area contributed by atoms with E-state index in [0.29, 0.717) is 16.3 Å². The number of likely N-dealkylation sites (tertiary alicyclic amines) is 1. The number of halogens is 3. The SMILES string of the molecule is Cn1c(CN2CCC(c3nc(OCc4ccc(Cl)cc4F)ncc3F)CC2)nc2ccccc21. The van der Waals surface area contributed by atoms with Gasteiger partial charge in [0.15, 0.2) is 5.82 Å². The average molecular weight is 484 g/mol. The van der Waals surface area contributed by atoms with E-state index in [1.165, 1.54) is 6.07 Å². The number of aryl methyl sites for hydroxylation is 1. The van der Waals surface area contributed by atoms with Crippen LogP contribution in [-0.2, 0) is 20.2 Å². The van der Waals surface area contributed by atoms with Crippen LogP contribution in [0.25, 0.3) is 11.0 Å². The fourth-order valence-corrected chi connectivity index (χ4v) is 4.56. The monoisotopic (exact) mass is 483 g/mol. The van der Waals surface area contributed by atoms with Gasteiger partial charge in [0.25, 0.3) is 0 Å². The highest BCUT2D eigenvalue weighted by molar-refractivity contribution is 6.30. The van der Waals surface area contributed by atoms with Crippen LogP contribution in [0.1, 0.15) is 35.8 Å². The highest BCUT2D eigenvalue weighted by atomic mass is 35.5.